The first-order chi connectivity index (χ1) is 9.94. The van der Waals surface area contributed by atoms with Gasteiger partial charge in [-0.1, -0.05) is 0 Å². The second-order valence-corrected chi connectivity index (χ2v) is 7.59. The molecule has 2 aromatic heterocycles. The molecule has 1 atom stereocenters. The van der Waals surface area contributed by atoms with Gasteiger partial charge in [-0.05, 0) is 44.7 Å². The van der Waals surface area contributed by atoms with E-state index >= 15 is 0 Å². The molecule has 5 heteroatoms. The third-order valence-electron chi connectivity index (χ3n) is 3.72. The Balaban J connectivity index is 1.75. The maximum absolute atomic E-state index is 12.3. The molecule has 1 aliphatic rings. The second-order valence-electron chi connectivity index (χ2n) is 6.64. The fourth-order valence-electron chi connectivity index (χ4n) is 2.77. The van der Waals surface area contributed by atoms with Gasteiger partial charge in [0.2, 0.25) is 5.91 Å². The molecular formula is C16H21N3OS. The molecule has 0 radical (unpaired) electrons. The van der Waals surface area contributed by atoms with Crippen LogP contribution < -0.4 is 10.2 Å². The van der Waals surface area contributed by atoms with Crippen LogP contribution in [0.4, 0.5) is 5.82 Å². The van der Waals surface area contributed by atoms with Crippen molar-refractivity contribution in [2.45, 2.75) is 32.7 Å². The van der Waals surface area contributed by atoms with Crippen LogP contribution in [-0.4, -0.2) is 29.5 Å². The summed E-state index contributed by atoms with van der Waals surface area (Å²) in [4.78, 5) is 19.1. The van der Waals surface area contributed by atoms with Gasteiger partial charge in [-0.15, -0.1) is 11.3 Å². The number of rotatable bonds is 2. The number of amides is 1. The van der Waals surface area contributed by atoms with E-state index in [4.69, 9.17) is 0 Å². The van der Waals surface area contributed by atoms with Crippen LogP contribution in [0.3, 0.4) is 0 Å². The van der Waals surface area contributed by atoms with E-state index < -0.39 is 0 Å². The summed E-state index contributed by atoms with van der Waals surface area (Å²) in [5.41, 5.74) is -0.171. The summed E-state index contributed by atoms with van der Waals surface area (Å²) in [6.07, 6.45) is 2.75. The second kappa shape index (κ2) is 5.30. The van der Waals surface area contributed by atoms with Crippen LogP contribution in [0.2, 0.25) is 0 Å². The minimum absolute atomic E-state index is 0.0555. The minimum atomic E-state index is -0.171. The predicted octanol–water partition coefficient (Wildman–Crippen LogP) is 3.04. The number of thiophene rings is 1. The molecule has 1 aliphatic heterocycles. The molecule has 0 aliphatic carbocycles. The fraction of sp³-hybridized carbons (Fsp3) is 0.500. The van der Waals surface area contributed by atoms with Gasteiger partial charge in [-0.3, -0.25) is 4.79 Å². The molecule has 0 bridgehead atoms. The van der Waals surface area contributed by atoms with E-state index in [1.807, 2.05) is 33.0 Å². The summed E-state index contributed by atoms with van der Waals surface area (Å²) in [5, 5.41) is 6.37. The summed E-state index contributed by atoms with van der Waals surface area (Å²) >= 11 is 1.73. The first kappa shape index (κ1) is 14.3. The molecule has 1 saturated heterocycles. The Labute approximate surface area is 129 Å². The molecule has 112 valence electrons. The Morgan fingerprint density at radius 3 is 3.00 bits per heavy atom. The highest BCUT2D eigenvalue weighted by Crippen LogP contribution is 2.31. The predicted molar refractivity (Wildman–Crippen MR) is 87.8 cm³/mol. The van der Waals surface area contributed by atoms with Gasteiger partial charge in [0.1, 0.15) is 5.82 Å². The molecular weight excluding hydrogens is 282 g/mol. The van der Waals surface area contributed by atoms with Gasteiger partial charge in [-0.2, -0.15) is 0 Å². The quantitative estimate of drug-likeness (QED) is 0.927. The number of carbonyl (C=O) groups excluding carboxylic acids is 1. The lowest BCUT2D eigenvalue weighted by Crippen LogP contribution is -2.44. The van der Waals surface area contributed by atoms with E-state index in [1.54, 1.807) is 11.3 Å². The number of hydrogen-bond acceptors (Lipinski definition) is 4. The molecule has 3 rings (SSSR count). The molecule has 1 amide bonds. The van der Waals surface area contributed by atoms with Crippen molar-refractivity contribution in [1.82, 2.24) is 10.3 Å². The Bertz CT molecular complexity index is 659. The van der Waals surface area contributed by atoms with Gasteiger partial charge in [0, 0.05) is 34.9 Å². The SMILES string of the molecule is CC(C)(C)NC(=O)C1CCN(c2nccc3sccc23)C1. The highest BCUT2D eigenvalue weighted by atomic mass is 32.1. The third kappa shape index (κ3) is 3.02. The average molecular weight is 303 g/mol. The number of nitrogens with zero attached hydrogens (tertiary/aromatic N) is 2. The van der Waals surface area contributed by atoms with E-state index in [9.17, 15) is 4.79 Å². The van der Waals surface area contributed by atoms with Crippen molar-refractivity contribution in [3.8, 4) is 0 Å². The van der Waals surface area contributed by atoms with Gasteiger partial charge < -0.3 is 10.2 Å². The third-order valence-corrected chi connectivity index (χ3v) is 4.60. The van der Waals surface area contributed by atoms with Crippen LogP contribution in [0.25, 0.3) is 10.1 Å². The van der Waals surface area contributed by atoms with Crippen LogP contribution in [0.5, 0.6) is 0 Å². The van der Waals surface area contributed by atoms with Crippen molar-refractivity contribution in [2.75, 3.05) is 18.0 Å². The Hall–Kier alpha value is -1.62. The van der Waals surface area contributed by atoms with E-state index in [2.05, 4.69) is 26.6 Å². The monoisotopic (exact) mass is 303 g/mol. The fourth-order valence-corrected chi connectivity index (χ4v) is 3.55. The molecule has 0 spiro atoms. The van der Waals surface area contributed by atoms with Crippen molar-refractivity contribution in [1.29, 1.82) is 0 Å². The van der Waals surface area contributed by atoms with Crippen molar-refractivity contribution >= 4 is 33.1 Å². The lowest BCUT2D eigenvalue weighted by Gasteiger charge is -2.23. The van der Waals surface area contributed by atoms with Crippen LogP contribution in [0, 0.1) is 5.92 Å². The number of hydrogen-bond donors (Lipinski definition) is 1. The van der Waals surface area contributed by atoms with Crippen molar-refractivity contribution in [3.05, 3.63) is 23.7 Å². The zero-order valence-corrected chi connectivity index (χ0v) is 13.5. The van der Waals surface area contributed by atoms with E-state index in [1.165, 1.54) is 10.1 Å². The van der Waals surface area contributed by atoms with E-state index in [-0.39, 0.29) is 17.4 Å². The standard InChI is InChI=1S/C16H21N3OS/c1-16(2,3)18-15(20)11-5-8-19(10-11)14-12-6-9-21-13(12)4-7-17-14/h4,6-7,9,11H,5,8,10H2,1-3H3,(H,18,20). The molecule has 4 nitrogen and oxygen atoms in total. The van der Waals surface area contributed by atoms with E-state index in [0.29, 0.717) is 0 Å². The molecule has 2 aromatic rings. The highest BCUT2D eigenvalue weighted by molar-refractivity contribution is 7.17. The molecule has 1 unspecified atom stereocenters. The zero-order valence-electron chi connectivity index (χ0n) is 12.7. The Morgan fingerprint density at radius 2 is 2.24 bits per heavy atom. The highest BCUT2D eigenvalue weighted by Gasteiger charge is 2.31. The lowest BCUT2D eigenvalue weighted by molar-refractivity contribution is -0.125. The van der Waals surface area contributed by atoms with Crippen LogP contribution in [0.15, 0.2) is 23.7 Å². The van der Waals surface area contributed by atoms with Crippen LogP contribution in [-0.2, 0) is 4.79 Å². The van der Waals surface area contributed by atoms with Gasteiger partial charge in [0.05, 0.1) is 5.92 Å². The number of carbonyl (C=O) groups is 1. The number of aromatic nitrogens is 1. The molecule has 1 N–H and O–H groups in total. The number of pyridine rings is 1. The molecule has 3 heterocycles. The maximum atomic E-state index is 12.3. The van der Waals surface area contributed by atoms with Crippen molar-refractivity contribution in [3.63, 3.8) is 0 Å². The maximum Gasteiger partial charge on any atom is 0.225 e. The topological polar surface area (TPSA) is 45.2 Å². The molecule has 0 aromatic carbocycles. The first-order valence-electron chi connectivity index (χ1n) is 7.33. The summed E-state index contributed by atoms with van der Waals surface area (Å²) in [7, 11) is 0. The molecule has 21 heavy (non-hydrogen) atoms. The minimum Gasteiger partial charge on any atom is -0.355 e. The lowest BCUT2D eigenvalue weighted by atomic mass is 10.0. The van der Waals surface area contributed by atoms with Gasteiger partial charge in [-0.25, -0.2) is 4.98 Å². The van der Waals surface area contributed by atoms with E-state index in [0.717, 1.165) is 25.3 Å². The van der Waals surface area contributed by atoms with Gasteiger partial charge in [0.15, 0.2) is 0 Å². The normalized spacial score (nSPS) is 19.2. The summed E-state index contributed by atoms with van der Waals surface area (Å²) in [5.74, 6) is 1.22. The van der Waals surface area contributed by atoms with Gasteiger partial charge >= 0.3 is 0 Å². The summed E-state index contributed by atoms with van der Waals surface area (Å²) < 4.78 is 1.25. The largest absolute Gasteiger partial charge is 0.355 e. The summed E-state index contributed by atoms with van der Waals surface area (Å²) in [6, 6.07) is 4.16. The van der Waals surface area contributed by atoms with Crippen LogP contribution >= 0.6 is 11.3 Å². The summed E-state index contributed by atoms with van der Waals surface area (Å²) in [6.45, 7) is 7.70. The number of nitrogens with one attached hydrogen (secondary N) is 1. The molecule has 1 fully saturated rings. The zero-order chi connectivity index (χ0) is 15.0. The van der Waals surface area contributed by atoms with Gasteiger partial charge in [0.25, 0.3) is 0 Å². The van der Waals surface area contributed by atoms with Crippen LogP contribution in [0.1, 0.15) is 27.2 Å². The Kier molecular flexibility index (Phi) is 3.61. The first-order valence-corrected chi connectivity index (χ1v) is 8.21. The van der Waals surface area contributed by atoms with Crippen molar-refractivity contribution in [2.24, 2.45) is 5.92 Å². The smallest absolute Gasteiger partial charge is 0.225 e. The van der Waals surface area contributed by atoms with Crippen molar-refractivity contribution < 1.29 is 4.79 Å². The molecule has 0 saturated carbocycles. The average Bonchev–Trinajstić information content (AvgIpc) is 3.05. The number of anilines is 1. The Morgan fingerprint density at radius 1 is 1.43 bits per heavy atom. The number of fused-ring (bicyclic) bond motifs is 1.